The second-order valence-electron chi connectivity index (χ2n) is 8.01. The van der Waals surface area contributed by atoms with Crippen LogP contribution < -0.4 is 10.1 Å². The minimum atomic E-state index is 0.0449. The molecule has 0 aliphatic carbocycles. The zero-order valence-corrected chi connectivity index (χ0v) is 17.8. The van der Waals surface area contributed by atoms with Crippen molar-refractivity contribution >= 4 is 5.91 Å². The SMILES string of the molecule is CCCCN1CC(C(=O)NCCc2ccccc2OC)CC(c2ccccc2)C1. The number of nitrogens with zero attached hydrogens (tertiary/aromatic N) is 1. The lowest BCUT2D eigenvalue weighted by atomic mass is 9.84. The van der Waals surface area contributed by atoms with E-state index in [4.69, 9.17) is 4.74 Å². The van der Waals surface area contributed by atoms with Gasteiger partial charge in [-0.1, -0.05) is 61.9 Å². The van der Waals surface area contributed by atoms with E-state index in [9.17, 15) is 4.79 Å². The van der Waals surface area contributed by atoms with Crippen LogP contribution in [0.3, 0.4) is 0 Å². The number of hydrogen-bond acceptors (Lipinski definition) is 3. The van der Waals surface area contributed by atoms with Crippen LogP contribution in [0.2, 0.25) is 0 Å². The number of benzene rings is 2. The number of ether oxygens (including phenoxy) is 1. The van der Waals surface area contributed by atoms with Gasteiger partial charge in [-0.2, -0.15) is 0 Å². The molecule has 4 heteroatoms. The van der Waals surface area contributed by atoms with Crippen molar-refractivity contribution in [3.05, 3.63) is 65.7 Å². The Kier molecular flexibility index (Phi) is 8.12. The summed E-state index contributed by atoms with van der Waals surface area (Å²) in [6.07, 6.45) is 4.07. The highest BCUT2D eigenvalue weighted by Crippen LogP contribution is 2.30. The Balaban J connectivity index is 1.59. The molecule has 0 aromatic heterocycles. The zero-order valence-electron chi connectivity index (χ0n) is 17.8. The third-order valence-electron chi connectivity index (χ3n) is 5.88. The highest BCUT2D eigenvalue weighted by atomic mass is 16.5. The van der Waals surface area contributed by atoms with Gasteiger partial charge in [-0.25, -0.2) is 0 Å². The minimum Gasteiger partial charge on any atom is -0.496 e. The quantitative estimate of drug-likeness (QED) is 0.691. The Hall–Kier alpha value is -2.33. The zero-order chi connectivity index (χ0) is 20.5. The fourth-order valence-electron chi connectivity index (χ4n) is 4.29. The summed E-state index contributed by atoms with van der Waals surface area (Å²) in [5.74, 6) is 1.53. The van der Waals surface area contributed by atoms with E-state index in [1.54, 1.807) is 7.11 Å². The van der Waals surface area contributed by atoms with Crippen molar-refractivity contribution in [1.82, 2.24) is 10.2 Å². The van der Waals surface area contributed by atoms with Gasteiger partial charge in [0.15, 0.2) is 0 Å². The number of hydrogen-bond donors (Lipinski definition) is 1. The molecule has 0 radical (unpaired) electrons. The predicted octanol–water partition coefficient (Wildman–Crippen LogP) is 4.26. The van der Waals surface area contributed by atoms with E-state index in [2.05, 4.69) is 53.5 Å². The summed E-state index contributed by atoms with van der Waals surface area (Å²) in [4.78, 5) is 15.5. The molecule has 1 amide bonds. The first kappa shape index (κ1) is 21.4. The van der Waals surface area contributed by atoms with E-state index < -0.39 is 0 Å². The van der Waals surface area contributed by atoms with Crippen molar-refractivity contribution in [2.75, 3.05) is 33.3 Å². The second kappa shape index (κ2) is 11.0. The molecule has 0 saturated carbocycles. The summed E-state index contributed by atoms with van der Waals surface area (Å²) in [7, 11) is 1.69. The first-order valence-electron chi connectivity index (χ1n) is 10.9. The molecule has 3 rings (SSSR count). The molecule has 2 unspecified atom stereocenters. The molecule has 1 heterocycles. The van der Waals surface area contributed by atoms with Crippen LogP contribution in [-0.2, 0) is 11.2 Å². The number of rotatable bonds is 9. The van der Waals surface area contributed by atoms with Gasteiger partial charge in [-0.15, -0.1) is 0 Å². The smallest absolute Gasteiger partial charge is 0.224 e. The van der Waals surface area contributed by atoms with Crippen LogP contribution in [0.4, 0.5) is 0 Å². The van der Waals surface area contributed by atoms with Crippen LogP contribution in [0, 0.1) is 5.92 Å². The lowest BCUT2D eigenvalue weighted by Crippen LogP contribution is -2.46. The van der Waals surface area contributed by atoms with Crippen molar-refractivity contribution in [1.29, 1.82) is 0 Å². The number of carbonyl (C=O) groups excluding carboxylic acids is 1. The van der Waals surface area contributed by atoms with Gasteiger partial charge >= 0.3 is 0 Å². The Bertz CT molecular complexity index is 762. The Morgan fingerprint density at radius 1 is 1.10 bits per heavy atom. The van der Waals surface area contributed by atoms with Gasteiger partial charge in [-0.05, 0) is 48.9 Å². The highest BCUT2D eigenvalue weighted by molar-refractivity contribution is 5.79. The van der Waals surface area contributed by atoms with E-state index in [1.807, 2.05) is 18.2 Å². The van der Waals surface area contributed by atoms with Gasteiger partial charge in [0.1, 0.15) is 5.75 Å². The van der Waals surface area contributed by atoms with Gasteiger partial charge in [0.05, 0.1) is 13.0 Å². The third kappa shape index (κ3) is 6.07. The maximum atomic E-state index is 13.0. The molecule has 1 aliphatic rings. The molecule has 1 fully saturated rings. The number of methoxy groups -OCH3 is 1. The topological polar surface area (TPSA) is 41.6 Å². The molecule has 4 nitrogen and oxygen atoms in total. The summed E-state index contributed by atoms with van der Waals surface area (Å²) >= 11 is 0. The Labute approximate surface area is 175 Å². The molecule has 2 aromatic rings. The number of para-hydroxylation sites is 1. The minimum absolute atomic E-state index is 0.0449. The number of nitrogens with one attached hydrogen (secondary N) is 1. The maximum Gasteiger partial charge on any atom is 0.224 e. The molecule has 1 aliphatic heterocycles. The number of piperidine rings is 1. The van der Waals surface area contributed by atoms with Crippen LogP contribution in [0.1, 0.15) is 43.2 Å². The van der Waals surface area contributed by atoms with Gasteiger partial charge in [0, 0.05) is 19.6 Å². The maximum absolute atomic E-state index is 13.0. The summed E-state index contributed by atoms with van der Waals surface area (Å²) in [6, 6.07) is 18.7. The Morgan fingerprint density at radius 2 is 1.86 bits per heavy atom. The fourth-order valence-corrected chi connectivity index (χ4v) is 4.29. The monoisotopic (exact) mass is 394 g/mol. The average molecular weight is 395 g/mol. The van der Waals surface area contributed by atoms with Crippen LogP contribution in [-0.4, -0.2) is 44.1 Å². The van der Waals surface area contributed by atoms with Gasteiger partial charge < -0.3 is 15.0 Å². The molecule has 1 saturated heterocycles. The van der Waals surface area contributed by atoms with Gasteiger partial charge in [0.25, 0.3) is 0 Å². The third-order valence-corrected chi connectivity index (χ3v) is 5.88. The standard InChI is InChI=1S/C25H34N2O2/c1-3-4-16-27-18-22(20-10-6-5-7-11-20)17-23(19-27)25(28)26-15-14-21-12-8-9-13-24(21)29-2/h5-13,22-23H,3-4,14-19H2,1-2H3,(H,26,28). The molecule has 2 atom stereocenters. The van der Waals surface area contributed by atoms with Gasteiger partial charge in [-0.3, -0.25) is 4.79 Å². The van der Waals surface area contributed by atoms with Crippen LogP contribution >= 0.6 is 0 Å². The lowest BCUT2D eigenvalue weighted by molar-refractivity contribution is -0.126. The van der Waals surface area contributed by atoms with Crippen LogP contribution in [0.15, 0.2) is 54.6 Å². The number of unbranched alkanes of at least 4 members (excludes halogenated alkanes) is 1. The number of amides is 1. The molecule has 0 bridgehead atoms. The summed E-state index contributed by atoms with van der Waals surface area (Å²) in [5.41, 5.74) is 2.48. The van der Waals surface area contributed by atoms with Crippen molar-refractivity contribution in [2.24, 2.45) is 5.92 Å². The van der Waals surface area contributed by atoms with Gasteiger partial charge in [0.2, 0.25) is 5.91 Å². The second-order valence-corrected chi connectivity index (χ2v) is 8.01. The fraction of sp³-hybridized carbons (Fsp3) is 0.480. The lowest BCUT2D eigenvalue weighted by Gasteiger charge is -2.37. The molecule has 0 spiro atoms. The number of carbonyl (C=O) groups is 1. The summed E-state index contributed by atoms with van der Waals surface area (Å²) in [5, 5.41) is 3.18. The van der Waals surface area contributed by atoms with E-state index in [1.165, 1.54) is 18.4 Å². The molecular weight excluding hydrogens is 360 g/mol. The van der Waals surface area contributed by atoms with E-state index in [0.29, 0.717) is 12.5 Å². The summed E-state index contributed by atoms with van der Waals surface area (Å²) < 4.78 is 5.41. The normalized spacial score (nSPS) is 19.7. The first-order chi connectivity index (χ1) is 14.2. The first-order valence-corrected chi connectivity index (χ1v) is 10.9. The van der Waals surface area contributed by atoms with E-state index >= 15 is 0 Å². The highest BCUT2D eigenvalue weighted by Gasteiger charge is 2.31. The number of likely N-dealkylation sites (tertiary alicyclic amines) is 1. The van der Waals surface area contributed by atoms with Crippen LogP contribution in [0.5, 0.6) is 5.75 Å². The van der Waals surface area contributed by atoms with Crippen molar-refractivity contribution in [3.63, 3.8) is 0 Å². The van der Waals surface area contributed by atoms with Crippen LogP contribution in [0.25, 0.3) is 0 Å². The Morgan fingerprint density at radius 3 is 2.62 bits per heavy atom. The van der Waals surface area contributed by atoms with E-state index in [-0.39, 0.29) is 11.8 Å². The van der Waals surface area contributed by atoms with Crippen molar-refractivity contribution < 1.29 is 9.53 Å². The largest absolute Gasteiger partial charge is 0.496 e. The van der Waals surface area contributed by atoms with Crippen molar-refractivity contribution in [3.8, 4) is 5.75 Å². The molecule has 29 heavy (non-hydrogen) atoms. The van der Waals surface area contributed by atoms with E-state index in [0.717, 1.165) is 43.8 Å². The van der Waals surface area contributed by atoms with Crippen molar-refractivity contribution in [2.45, 2.75) is 38.5 Å². The molecule has 2 aromatic carbocycles. The average Bonchev–Trinajstić information content (AvgIpc) is 2.78. The molecule has 1 N–H and O–H groups in total. The predicted molar refractivity (Wildman–Crippen MR) is 118 cm³/mol. The molecular formula is C25H34N2O2. The molecule has 156 valence electrons. The summed E-state index contributed by atoms with van der Waals surface area (Å²) in [6.45, 7) is 5.85.